The van der Waals surface area contributed by atoms with Crippen LogP contribution in [0.1, 0.15) is 36.8 Å². The van der Waals surface area contributed by atoms with Crippen molar-refractivity contribution >= 4 is 22.5 Å². The number of hydrogen-bond acceptors (Lipinski definition) is 3. The maximum Gasteiger partial charge on any atom is 0.270 e. The van der Waals surface area contributed by atoms with Gasteiger partial charge < -0.3 is 19.5 Å². The Labute approximate surface area is 172 Å². The summed E-state index contributed by atoms with van der Waals surface area (Å²) < 4.78 is 5.23. The number of rotatable bonds is 3. The number of aromatic amines is 1. The Kier molecular flexibility index (Phi) is 4.99. The van der Waals surface area contributed by atoms with Crippen LogP contribution in [0.15, 0.2) is 48.5 Å². The van der Waals surface area contributed by atoms with E-state index in [1.54, 1.807) is 7.11 Å². The average Bonchev–Trinajstić information content (AvgIpc) is 3.16. The lowest BCUT2D eigenvalue weighted by Gasteiger charge is -2.36. The van der Waals surface area contributed by atoms with E-state index in [4.69, 9.17) is 4.74 Å². The molecule has 0 unspecified atom stereocenters. The van der Waals surface area contributed by atoms with Crippen LogP contribution in [0.5, 0.6) is 5.75 Å². The highest BCUT2D eigenvalue weighted by Gasteiger charge is 2.24. The minimum atomic E-state index is 0.0767. The van der Waals surface area contributed by atoms with E-state index >= 15 is 0 Å². The van der Waals surface area contributed by atoms with Gasteiger partial charge in [0.25, 0.3) is 5.91 Å². The van der Waals surface area contributed by atoms with E-state index in [2.05, 4.69) is 61.0 Å². The van der Waals surface area contributed by atoms with Gasteiger partial charge in [0.05, 0.1) is 7.11 Å². The first-order valence-corrected chi connectivity index (χ1v) is 10.2. The molecule has 2 heterocycles. The minimum Gasteiger partial charge on any atom is -0.497 e. The number of ether oxygens (including phenoxy) is 1. The molecule has 1 N–H and O–H groups in total. The molecule has 0 saturated carbocycles. The lowest BCUT2D eigenvalue weighted by molar-refractivity contribution is 0.0742. The van der Waals surface area contributed by atoms with Crippen molar-refractivity contribution in [3.05, 3.63) is 59.8 Å². The summed E-state index contributed by atoms with van der Waals surface area (Å²) in [4.78, 5) is 20.6. The first-order valence-electron chi connectivity index (χ1n) is 10.2. The van der Waals surface area contributed by atoms with Crippen molar-refractivity contribution < 1.29 is 9.53 Å². The second kappa shape index (κ2) is 7.47. The highest BCUT2D eigenvalue weighted by molar-refractivity contribution is 5.98. The molecule has 3 aromatic rings. The zero-order valence-corrected chi connectivity index (χ0v) is 17.7. The number of nitrogens with zero attached hydrogens (tertiary/aromatic N) is 2. The van der Waals surface area contributed by atoms with Gasteiger partial charge in [0.15, 0.2) is 0 Å². The van der Waals surface area contributed by atoms with Gasteiger partial charge in [-0.3, -0.25) is 4.79 Å². The van der Waals surface area contributed by atoms with Gasteiger partial charge >= 0.3 is 0 Å². The van der Waals surface area contributed by atoms with Gasteiger partial charge in [-0.1, -0.05) is 32.9 Å². The molecule has 0 atom stereocenters. The molecule has 1 amide bonds. The first-order chi connectivity index (χ1) is 13.8. The third kappa shape index (κ3) is 3.95. The van der Waals surface area contributed by atoms with Crippen molar-refractivity contribution in [1.82, 2.24) is 9.88 Å². The number of nitrogens with one attached hydrogen (secondary N) is 1. The molecule has 1 aliphatic heterocycles. The maximum atomic E-state index is 13.0. The lowest BCUT2D eigenvalue weighted by Crippen LogP contribution is -2.48. The van der Waals surface area contributed by atoms with Gasteiger partial charge in [-0.2, -0.15) is 0 Å². The van der Waals surface area contributed by atoms with Crippen LogP contribution in [0.4, 0.5) is 5.69 Å². The number of carbonyl (C=O) groups excluding carboxylic acids is 1. The fourth-order valence-corrected chi connectivity index (χ4v) is 3.84. The minimum absolute atomic E-state index is 0.0767. The third-order valence-corrected chi connectivity index (χ3v) is 5.72. The molecule has 0 radical (unpaired) electrons. The Morgan fingerprint density at radius 1 is 0.966 bits per heavy atom. The van der Waals surface area contributed by atoms with Gasteiger partial charge in [0.2, 0.25) is 0 Å². The van der Waals surface area contributed by atoms with Crippen molar-refractivity contribution in [2.45, 2.75) is 26.2 Å². The zero-order chi connectivity index (χ0) is 20.6. The Bertz CT molecular complexity index is 1010. The van der Waals surface area contributed by atoms with Gasteiger partial charge in [0.1, 0.15) is 11.4 Å². The predicted molar refractivity (Wildman–Crippen MR) is 118 cm³/mol. The van der Waals surface area contributed by atoms with E-state index in [-0.39, 0.29) is 11.3 Å². The van der Waals surface area contributed by atoms with E-state index in [9.17, 15) is 4.79 Å². The van der Waals surface area contributed by atoms with Gasteiger partial charge in [-0.05, 0) is 47.4 Å². The van der Waals surface area contributed by atoms with Crippen molar-refractivity contribution in [2.24, 2.45) is 0 Å². The van der Waals surface area contributed by atoms with E-state index in [1.807, 2.05) is 23.1 Å². The molecule has 0 bridgehead atoms. The fourth-order valence-electron chi connectivity index (χ4n) is 3.84. The van der Waals surface area contributed by atoms with E-state index in [0.29, 0.717) is 18.8 Å². The molecular weight excluding hydrogens is 362 g/mol. The van der Waals surface area contributed by atoms with Gasteiger partial charge in [-0.15, -0.1) is 0 Å². The number of aromatic nitrogens is 1. The molecule has 0 spiro atoms. The Morgan fingerprint density at radius 2 is 1.66 bits per heavy atom. The molecule has 2 aromatic carbocycles. The summed E-state index contributed by atoms with van der Waals surface area (Å²) in [6, 6.07) is 16.5. The second-order valence-electron chi connectivity index (χ2n) is 8.71. The normalized spacial score (nSPS) is 15.0. The summed E-state index contributed by atoms with van der Waals surface area (Å²) in [5, 5.41) is 1.08. The topological polar surface area (TPSA) is 48.6 Å². The second-order valence-corrected chi connectivity index (χ2v) is 8.71. The van der Waals surface area contributed by atoms with Crippen molar-refractivity contribution in [2.75, 3.05) is 38.2 Å². The van der Waals surface area contributed by atoms with Crippen LogP contribution in [-0.2, 0) is 5.41 Å². The zero-order valence-electron chi connectivity index (χ0n) is 17.7. The van der Waals surface area contributed by atoms with Gasteiger partial charge in [0, 0.05) is 42.8 Å². The number of fused-ring (bicyclic) bond motifs is 1. The van der Waals surface area contributed by atoms with Crippen molar-refractivity contribution in [1.29, 1.82) is 0 Å². The van der Waals surface area contributed by atoms with Crippen LogP contribution in [-0.4, -0.2) is 49.1 Å². The number of H-pyrrole nitrogens is 1. The molecule has 5 heteroatoms. The summed E-state index contributed by atoms with van der Waals surface area (Å²) >= 11 is 0. The van der Waals surface area contributed by atoms with Crippen LogP contribution in [0.25, 0.3) is 10.9 Å². The van der Waals surface area contributed by atoms with Gasteiger partial charge in [-0.25, -0.2) is 0 Å². The number of piperazine rings is 1. The Balaban J connectivity index is 1.45. The molecule has 152 valence electrons. The predicted octanol–water partition coefficient (Wildman–Crippen LogP) is 4.44. The first kappa shape index (κ1) is 19.4. The van der Waals surface area contributed by atoms with Crippen LogP contribution in [0.3, 0.4) is 0 Å². The molecule has 1 fully saturated rings. The quantitative estimate of drug-likeness (QED) is 0.718. The highest BCUT2D eigenvalue weighted by Crippen LogP contribution is 2.27. The number of carbonyl (C=O) groups is 1. The number of amides is 1. The third-order valence-electron chi connectivity index (χ3n) is 5.72. The standard InChI is InChI=1S/C24H29N3O2/c1-24(2,3)18-6-5-17-15-22(25-21(17)16-18)23(28)27-13-11-26(12-14-27)19-7-9-20(29-4)10-8-19/h5-10,15-16,25H,11-14H2,1-4H3. The smallest absolute Gasteiger partial charge is 0.270 e. The van der Waals surface area contributed by atoms with Crippen molar-refractivity contribution in [3.8, 4) is 5.75 Å². The summed E-state index contributed by atoms with van der Waals surface area (Å²) in [7, 11) is 1.67. The van der Waals surface area contributed by atoms with E-state index < -0.39 is 0 Å². The number of benzene rings is 2. The van der Waals surface area contributed by atoms with Crippen LogP contribution in [0.2, 0.25) is 0 Å². The Hall–Kier alpha value is -2.95. The number of methoxy groups -OCH3 is 1. The largest absolute Gasteiger partial charge is 0.497 e. The van der Waals surface area contributed by atoms with Crippen LogP contribution < -0.4 is 9.64 Å². The summed E-state index contributed by atoms with van der Waals surface area (Å²) in [5.74, 6) is 0.934. The average molecular weight is 392 g/mol. The molecule has 0 aliphatic carbocycles. The molecule has 1 saturated heterocycles. The van der Waals surface area contributed by atoms with Crippen LogP contribution >= 0.6 is 0 Å². The molecule has 1 aliphatic rings. The molecule has 1 aromatic heterocycles. The molecule has 5 nitrogen and oxygen atoms in total. The number of anilines is 1. The number of hydrogen-bond donors (Lipinski definition) is 1. The van der Waals surface area contributed by atoms with E-state index in [1.165, 1.54) is 11.3 Å². The fraction of sp³-hybridized carbons (Fsp3) is 0.375. The molecule has 4 rings (SSSR count). The summed E-state index contributed by atoms with van der Waals surface area (Å²) in [6.45, 7) is 9.68. The van der Waals surface area contributed by atoms with Crippen molar-refractivity contribution in [3.63, 3.8) is 0 Å². The van der Waals surface area contributed by atoms with Crippen LogP contribution in [0, 0.1) is 0 Å². The van der Waals surface area contributed by atoms with E-state index in [0.717, 1.165) is 29.7 Å². The highest BCUT2D eigenvalue weighted by atomic mass is 16.5. The maximum absolute atomic E-state index is 13.0. The molecular formula is C24H29N3O2. The molecule has 29 heavy (non-hydrogen) atoms. The lowest BCUT2D eigenvalue weighted by atomic mass is 9.87. The SMILES string of the molecule is COc1ccc(N2CCN(C(=O)c3cc4ccc(C(C)(C)C)cc4[nH]3)CC2)cc1. The Morgan fingerprint density at radius 3 is 2.28 bits per heavy atom. The monoisotopic (exact) mass is 391 g/mol. The summed E-state index contributed by atoms with van der Waals surface area (Å²) in [5.41, 5.74) is 4.21. The summed E-state index contributed by atoms with van der Waals surface area (Å²) in [6.07, 6.45) is 0.